The quantitative estimate of drug-likeness (QED) is 0.840. The molecule has 5 nitrogen and oxygen atoms in total. The lowest BCUT2D eigenvalue weighted by Crippen LogP contribution is -2.46. The minimum absolute atomic E-state index is 0.0340. The Hall–Kier alpha value is -1.43. The molecule has 0 radical (unpaired) electrons. The number of carbonyl (C=O) groups is 2. The summed E-state index contributed by atoms with van der Waals surface area (Å²) < 4.78 is 0. The van der Waals surface area contributed by atoms with Crippen molar-refractivity contribution in [2.75, 3.05) is 5.32 Å². The number of anilines is 1. The van der Waals surface area contributed by atoms with Crippen LogP contribution in [0.15, 0.2) is 0 Å². The van der Waals surface area contributed by atoms with Crippen LogP contribution in [0.3, 0.4) is 0 Å². The fourth-order valence-electron chi connectivity index (χ4n) is 2.52. The van der Waals surface area contributed by atoms with Crippen LogP contribution >= 0.6 is 11.3 Å². The Balaban J connectivity index is 2.06. The third kappa shape index (κ3) is 4.27. The van der Waals surface area contributed by atoms with Crippen LogP contribution in [-0.4, -0.2) is 22.8 Å². The molecule has 1 aliphatic carbocycles. The Labute approximate surface area is 129 Å². The number of hydrogen-bond acceptors (Lipinski definition) is 4. The maximum absolute atomic E-state index is 12.3. The van der Waals surface area contributed by atoms with Gasteiger partial charge in [-0.3, -0.25) is 9.59 Å². The van der Waals surface area contributed by atoms with E-state index in [0.717, 1.165) is 18.5 Å². The summed E-state index contributed by atoms with van der Waals surface area (Å²) in [4.78, 5) is 29.4. The van der Waals surface area contributed by atoms with Gasteiger partial charge in [0.2, 0.25) is 11.8 Å². The highest BCUT2D eigenvalue weighted by molar-refractivity contribution is 7.15. The third-order valence-electron chi connectivity index (χ3n) is 3.63. The number of carbonyl (C=O) groups excluding carboxylic acids is 2. The Morgan fingerprint density at radius 1 is 1.19 bits per heavy atom. The summed E-state index contributed by atoms with van der Waals surface area (Å²) in [6.07, 6.45) is 5.68. The maximum atomic E-state index is 12.3. The summed E-state index contributed by atoms with van der Waals surface area (Å²) in [5, 5.41) is 6.21. The first-order valence-electron chi connectivity index (χ1n) is 7.54. The molecule has 0 aromatic carbocycles. The number of nitrogens with one attached hydrogen (secondary N) is 2. The van der Waals surface area contributed by atoms with Crippen LogP contribution in [0.5, 0.6) is 0 Å². The van der Waals surface area contributed by atoms with Crippen molar-refractivity contribution in [1.82, 2.24) is 10.3 Å². The van der Waals surface area contributed by atoms with Crippen molar-refractivity contribution in [1.29, 1.82) is 0 Å². The van der Waals surface area contributed by atoms with Crippen LogP contribution in [0.25, 0.3) is 0 Å². The molecule has 0 saturated heterocycles. The van der Waals surface area contributed by atoms with Crippen molar-refractivity contribution in [3.05, 3.63) is 10.6 Å². The molecule has 0 bridgehead atoms. The molecule has 0 unspecified atom stereocenters. The molecule has 1 aliphatic rings. The molecule has 1 aromatic rings. The molecule has 116 valence electrons. The minimum atomic E-state index is -0.522. The summed E-state index contributed by atoms with van der Waals surface area (Å²) in [6, 6.07) is -0.522. The van der Waals surface area contributed by atoms with E-state index in [1.165, 1.54) is 31.1 Å². The molecule has 0 spiro atoms. The minimum Gasteiger partial charge on any atom is -0.344 e. The highest BCUT2D eigenvalue weighted by Crippen LogP contribution is 2.29. The summed E-state index contributed by atoms with van der Waals surface area (Å²) in [6.45, 7) is 5.25. The molecule has 1 atom stereocenters. The van der Waals surface area contributed by atoms with E-state index in [4.69, 9.17) is 0 Å². The van der Waals surface area contributed by atoms with Gasteiger partial charge < -0.3 is 10.6 Å². The van der Waals surface area contributed by atoms with E-state index >= 15 is 0 Å². The fraction of sp³-hybridized carbons (Fsp3) is 0.667. The molecule has 0 saturated carbocycles. The molecular formula is C15H23N3O2S. The van der Waals surface area contributed by atoms with E-state index in [9.17, 15) is 9.59 Å². The van der Waals surface area contributed by atoms with E-state index in [0.29, 0.717) is 5.13 Å². The van der Waals surface area contributed by atoms with Gasteiger partial charge in [0.15, 0.2) is 5.13 Å². The first kappa shape index (κ1) is 15.9. The molecule has 1 aromatic heterocycles. The highest BCUT2D eigenvalue weighted by atomic mass is 32.1. The Morgan fingerprint density at radius 2 is 1.90 bits per heavy atom. The zero-order chi connectivity index (χ0) is 15.4. The van der Waals surface area contributed by atoms with E-state index in [2.05, 4.69) is 15.6 Å². The number of amides is 2. The molecule has 6 heteroatoms. The van der Waals surface area contributed by atoms with Gasteiger partial charge in [0, 0.05) is 11.8 Å². The molecule has 21 heavy (non-hydrogen) atoms. The smallest absolute Gasteiger partial charge is 0.248 e. The number of nitrogens with zero attached hydrogens (tertiary/aromatic N) is 1. The second-order valence-corrected chi connectivity index (χ2v) is 6.94. The van der Waals surface area contributed by atoms with Gasteiger partial charge in [-0.1, -0.05) is 20.3 Å². The molecule has 0 aliphatic heterocycles. The molecule has 2 N–H and O–H groups in total. The van der Waals surface area contributed by atoms with Gasteiger partial charge in [-0.25, -0.2) is 4.98 Å². The Kier molecular flexibility index (Phi) is 5.33. The fourth-order valence-corrected chi connectivity index (χ4v) is 3.57. The van der Waals surface area contributed by atoms with Crippen LogP contribution in [0.2, 0.25) is 0 Å². The summed E-state index contributed by atoms with van der Waals surface area (Å²) in [5.41, 5.74) is 1.13. The molecular weight excluding hydrogens is 286 g/mol. The van der Waals surface area contributed by atoms with Crippen LogP contribution in [0.4, 0.5) is 5.13 Å². The van der Waals surface area contributed by atoms with E-state index in [1.807, 2.05) is 13.8 Å². The predicted molar refractivity (Wildman–Crippen MR) is 84.4 cm³/mol. The average Bonchev–Trinajstić information content (AvgIpc) is 2.64. The van der Waals surface area contributed by atoms with Gasteiger partial charge >= 0.3 is 0 Å². The van der Waals surface area contributed by atoms with Crippen molar-refractivity contribution in [3.8, 4) is 0 Å². The van der Waals surface area contributed by atoms with Crippen LogP contribution < -0.4 is 10.6 Å². The van der Waals surface area contributed by atoms with Crippen LogP contribution in [-0.2, 0) is 22.4 Å². The van der Waals surface area contributed by atoms with Gasteiger partial charge in [0.25, 0.3) is 0 Å². The predicted octanol–water partition coefficient (Wildman–Crippen LogP) is 2.51. The second kappa shape index (κ2) is 7.02. The number of hydrogen-bond donors (Lipinski definition) is 2. The monoisotopic (exact) mass is 309 g/mol. The lowest BCUT2D eigenvalue weighted by molar-refractivity contribution is -0.126. The second-order valence-electron chi connectivity index (χ2n) is 5.86. The third-order valence-corrected chi connectivity index (χ3v) is 4.71. The normalized spacial score (nSPS) is 16.0. The van der Waals surface area contributed by atoms with Gasteiger partial charge in [-0.2, -0.15) is 0 Å². The number of fused-ring (bicyclic) bond motifs is 1. The van der Waals surface area contributed by atoms with Crippen molar-refractivity contribution in [3.63, 3.8) is 0 Å². The van der Waals surface area contributed by atoms with Crippen molar-refractivity contribution >= 4 is 28.3 Å². The van der Waals surface area contributed by atoms with Gasteiger partial charge in [-0.05, 0) is 31.6 Å². The average molecular weight is 309 g/mol. The number of thiazole rings is 1. The molecule has 2 amide bonds. The van der Waals surface area contributed by atoms with Crippen molar-refractivity contribution in [2.24, 2.45) is 5.92 Å². The van der Waals surface area contributed by atoms with Gasteiger partial charge in [-0.15, -0.1) is 11.3 Å². The molecule has 2 rings (SSSR count). The summed E-state index contributed by atoms with van der Waals surface area (Å²) in [7, 11) is 0. The maximum Gasteiger partial charge on any atom is 0.248 e. The van der Waals surface area contributed by atoms with Crippen LogP contribution in [0.1, 0.15) is 50.6 Å². The Bertz CT molecular complexity index is 501. The topological polar surface area (TPSA) is 71.1 Å². The zero-order valence-electron chi connectivity index (χ0n) is 12.9. The van der Waals surface area contributed by atoms with Crippen molar-refractivity contribution in [2.45, 2.75) is 58.9 Å². The zero-order valence-corrected chi connectivity index (χ0v) is 13.7. The van der Waals surface area contributed by atoms with E-state index < -0.39 is 6.04 Å². The van der Waals surface area contributed by atoms with Gasteiger partial charge in [0.05, 0.1) is 5.69 Å². The van der Waals surface area contributed by atoms with E-state index in [-0.39, 0.29) is 17.7 Å². The first-order chi connectivity index (χ1) is 9.97. The standard InChI is InChI=1S/C15H23N3O2S/c1-9(2)13(16-10(3)19)14(20)18-15-17-11-7-5-4-6-8-12(11)21-15/h9,13H,4-8H2,1-3H3,(H,16,19)(H,17,18,20)/t13-/m0/s1. The van der Waals surface area contributed by atoms with Crippen molar-refractivity contribution < 1.29 is 9.59 Å². The lowest BCUT2D eigenvalue weighted by atomic mass is 10.0. The molecule has 1 heterocycles. The molecule has 0 fully saturated rings. The van der Waals surface area contributed by atoms with E-state index in [1.54, 1.807) is 11.3 Å². The lowest BCUT2D eigenvalue weighted by Gasteiger charge is -2.20. The largest absolute Gasteiger partial charge is 0.344 e. The SMILES string of the molecule is CC(=O)N[C@H](C(=O)Nc1nc2c(s1)CCCCC2)C(C)C. The highest BCUT2D eigenvalue weighted by Gasteiger charge is 2.24. The summed E-state index contributed by atoms with van der Waals surface area (Å²) in [5.74, 6) is -0.352. The van der Waals surface area contributed by atoms with Gasteiger partial charge in [0.1, 0.15) is 6.04 Å². The van der Waals surface area contributed by atoms with Crippen LogP contribution in [0, 0.1) is 5.92 Å². The first-order valence-corrected chi connectivity index (χ1v) is 8.35. The number of rotatable bonds is 4. The number of aromatic nitrogens is 1. The Morgan fingerprint density at radius 3 is 2.57 bits per heavy atom. The summed E-state index contributed by atoms with van der Waals surface area (Å²) >= 11 is 1.57. The number of aryl methyl sites for hydroxylation is 2.